The maximum absolute atomic E-state index is 12.0. The van der Waals surface area contributed by atoms with Crippen molar-refractivity contribution in [3.05, 3.63) is 34.5 Å². The highest BCUT2D eigenvalue weighted by Crippen LogP contribution is 2.29. The minimum atomic E-state index is -1.09. The van der Waals surface area contributed by atoms with E-state index < -0.39 is 23.7 Å². The van der Waals surface area contributed by atoms with Gasteiger partial charge in [0.25, 0.3) is 0 Å². The fourth-order valence-electron chi connectivity index (χ4n) is 3.31. The number of carbonyl (C=O) groups excluding carboxylic acids is 1. The lowest BCUT2D eigenvalue weighted by atomic mass is 10.00. The van der Waals surface area contributed by atoms with Gasteiger partial charge in [0.15, 0.2) is 0 Å². The molecule has 26 heavy (non-hydrogen) atoms. The van der Waals surface area contributed by atoms with E-state index in [0.29, 0.717) is 0 Å². The summed E-state index contributed by atoms with van der Waals surface area (Å²) in [6.45, 7) is 11.3. The second kappa shape index (κ2) is 7.02. The number of aliphatic carboxylic acids is 1. The van der Waals surface area contributed by atoms with Crippen LogP contribution in [0.5, 0.6) is 0 Å². The first-order valence-corrected chi connectivity index (χ1v) is 8.68. The lowest BCUT2D eigenvalue weighted by Gasteiger charge is -2.22. The third kappa shape index (κ3) is 4.18. The first-order chi connectivity index (χ1) is 11.9. The first kappa shape index (κ1) is 19.8. The number of ether oxygens (including phenoxy) is 1. The number of nitrogens with one attached hydrogen (secondary N) is 1. The van der Waals surface area contributed by atoms with Crippen LogP contribution in [0.1, 0.15) is 43.2 Å². The van der Waals surface area contributed by atoms with Gasteiger partial charge in [-0.3, -0.25) is 0 Å². The molecule has 1 amide bonds. The van der Waals surface area contributed by atoms with Crippen LogP contribution >= 0.6 is 0 Å². The lowest BCUT2D eigenvalue weighted by molar-refractivity contribution is -0.139. The minimum absolute atomic E-state index is 0.195. The second-order valence-electron chi connectivity index (χ2n) is 7.84. The van der Waals surface area contributed by atoms with Crippen LogP contribution in [0, 0.1) is 20.8 Å². The van der Waals surface area contributed by atoms with E-state index in [1.807, 2.05) is 27.8 Å². The Morgan fingerprint density at radius 2 is 1.85 bits per heavy atom. The van der Waals surface area contributed by atoms with E-state index in [9.17, 15) is 14.7 Å². The second-order valence-corrected chi connectivity index (χ2v) is 7.84. The molecular weight excluding hydrogens is 332 g/mol. The van der Waals surface area contributed by atoms with Crippen LogP contribution in [0.3, 0.4) is 0 Å². The number of rotatable bonds is 4. The van der Waals surface area contributed by atoms with Crippen LogP contribution in [-0.4, -0.2) is 33.4 Å². The number of aromatic nitrogens is 1. The number of hydrogen-bond donors (Lipinski definition) is 2. The van der Waals surface area contributed by atoms with Gasteiger partial charge in [-0.15, -0.1) is 0 Å². The topological polar surface area (TPSA) is 80.6 Å². The minimum Gasteiger partial charge on any atom is -0.480 e. The highest BCUT2D eigenvalue weighted by molar-refractivity contribution is 5.90. The van der Waals surface area contributed by atoms with Crippen molar-refractivity contribution in [2.45, 2.75) is 59.6 Å². The number of carbonyl (C=O) groups is 2. The summed E-state index contributed by atoms with van der Waals surface area (Å²) in [6.07, 6.45) is -0.532. The van der Waals surface area contributed by atoms with Crippen molar-refractivity contribution in [1.82, 2.24) is 9.88 Å². The summed E-state index contributed by atoms with van der Waals surface area (Å²) >= 11 is 0. The quantitative estimate of drug-likeness (QED) is 0.872. The molecule has 0 fully saturated rings. The van der Waals surface area contributed by atoms with Crippen molar-refractivity contribution in [1.29, 1.82) is 0 Å². The molecule has 6 heteroatoms. The SMILES string of the molecule is Cc1cc(C)c2c(c1)c(CC(NC(=O)OC(C)(C)C)C(=O)O)c(C)n2C. The Kier molecular flexibility index (Phi) is 5.35. The van der Waals surface area contributed by atoms with Crippen molar-refractivity contribution < 1.29 is 19.4 Å². The molecule has 1 aromatic heterocycles. The van der Waals surface area contributed by atoms with Gasteiger partial charge < -0.3 is 19.7 Å². The summed E-state index contributed by atoms with van der Waals surface area (Å²) in [4.78, 5) is 23.7. The molecule has 1 unspecified atom stereocenters. The number of hydrogen-bond acceptors (Lipinski definition) is 3. The van der Waals surface area contributed by atoms with Crippen molar-refractivity contribution in [2.24, 2.45) is 7.05 Å². The van der Waals surface area contributed by atoms with Gasteiger partial charge in [-0.05, 0) is 58.7 Å². The highest BCUT2D eigenvalue weighted by Gasteiger charge is 2.26. The Bertz CT molecular complexity index is 859. The molecule has 0 aliphatic rings. The number of alkyl carbamates (subject to hydrolysis) is 1. The summed E-state index contributed by atoms with van der Waals surface area (Å²) in [7, 11) is 1.97. The number of aryl methyl sites for hydroxylation is 3. The number of benzene rings is 1. The molecule has 142 valence electrons. The maximum Gasteiger partial charge on any atom is 0.408 e. The molecule has 0 bridgehead atoms. The highest BCUT2D eigenvalue weighted by atomic mass is 16.6. The Morgan fingerprint density at radius 1 is 1.23 bits per heavy atom. The third-order valence-electron chi connectivity index (χ3n) is 4.44. The zero-order valence-corrected chi connectivity index (χ0v) is 16.6. The normalized spacial score (nSPS) is 12.9. The molecule has 0 spiro atoms. The zero-order chi connectivity index (χ0) is 19.8. The Labute approximate surface area is 154 Å². The van der Waals surface area contributed by atoms with Gasteiger partial charge in [-0.2, -0.15) is 0 Å². The largest absolute Gasteiger partial charge is 0.480 e. The van der Waals surface area contributed by atoms with Crippen molar-refractivity contribution in [3.63, 3.8) is 0 Å². The van der Waals surface area contributed by atoms with Gasteiger partial charge in [0.05, 0.1) is 5.52 Å². The fraction of sp³-hybridized carbons (Fsp3) is 0.500. The molecule has 0 aliphatic carbocycles. The molecule has 1 atom stereocenters. The summed E-state index contributed by atoms with van der Waals surface area (Å²) in [6, 6.07) is 3.12. The Balaban J connectivity index is 2.39. The predicted molar refractivity (Wildman–Crippen MR) is 102 cm³/mol. The van der Waals surface area contributed by atoms with E-state index in [1.165, 1.54) is 0 Å². The molecule has 0 radical (unpaired) electrons. The molecule has 2 aromatic rings. The summed E-state index contributed by atoms with van der Waals surface area (Å²) in [5, 5.41) is 13.1. The molecular formula is C20H28N2O4. The van der Waals surface area contributed by atoms with Crippen LogP contribution in [0.25, 0.3) is 10.9 Å². The van der Waals surface area contributed by atoms with Gasteiger partial charge in [0.2, 0.25) is 0 Å². The summed E-state index contributed by atoms with van der Waals surface area (Å²) in [5.74, 6) is -1.09. The van der Waals surface area contributed by atoms with E-state index in [0.717, 1.165) is 33.3 Å². The summed E-state index contributed by atoms with van der Waals surface area (Å²) in [5.41, 5.74) is 4.59. The molecule has 0 aliphatic heterocycles. The van der Waals surface area contributed by atoms with E-state index in [-0.39, 0.29) is 6.42 Å². The standard InChI is InChI=1S/C20H28N2O4/c1-11-8-12(2)17-15(9-11)14(13(3)22(17)7)10-16(18(23)24)21-19(25)26-20(4,5)6/h8-9,16H,10H2,1-7H3,(H,21,25)(H,23,24). The van der Waals surface area contributed by atoms with Gasteiger partial charge >= 0.3 is 12.1 Å². The molecule has 2 rings (SSSR count). The fourth-order valence-corrected chi connectivity index (χ4v) is 3.31. The average molecular weight is 360 g/mol. The van der Waals surface area contributed by atoms with Crippen LogP contribution in [0.15, 0.2) is 12.1 Å². The Morgan fingerprint density at radius 3 is 2.38 bits per heavy atom. The number of nitrogens with zero attached hydrogens (tertiary/aromatic N) is 1. The van der Waals surface area contributed by atoms with Crippen molar-refractivity contribution >= 4 is 23.0 Å². The molecule has 6 nitrogen and oxygen atoms in total. The zero-order valence-electron chi connectivity index (χ0n) is 16.6. The number of fused-ring (bicyclic) bond motifs is 1. The molecule has 0 saturated heterocycles. The van der Waals surface area contributed by atoms with Crippen LogP contribution in [0.2, 0.25) is 0 Å². The van der Waals surface area contributed by atoms with Gasteiger partial charge in [0, 0.05) is 24.5 Å². The van der Waals surface area contributed by atoms with Crippen LogP contribution < -0.4 is 5.32 Å². The molecule has 1 aromatic carbocycles. The van der Waals surface area contributed by atoms with E-state index >= 15 is 0 Å². The van der Waals surface area contributed by atoms with Gasteiger partial charge in [0.1, 0.15) is 11.6 Å². The average Bonchev–Trinajstić information content (AvgIpc) is 2.69. The van der Waals surface area contributed by atoms with Gasteiger partial charge in [-0.1, -0.05) is 11.6 Å². The van der Waals surface area contributed by atoms with Crippen LogP contribution in [0.4, 0.5) is 4.79 Å². The number of carboxylic acids is 1. The van der Waals surface area contributed by atoms with Crippen LogP contribution in [-0.2, 0) is 23.0 Å². The molecule has 2 N–H and O–H groups in total. The summed E-state index contributed by atoms with van der Waals surface area (Å²) < 4.78 is 7.27. The number of amides is 1. The van der Waals surface area contributed by atoms with E-state index in [2.05, 4.69) is 22.0 Å². The molecule has 1 heterocycles. The van der Waals surface area contributed by atoms with Crippen molar-refractivity contribution in [2.75, 3.05) is 0 Å². The predicted octanol–water partition coefficient (Wildman–Crippen LogP) is 3.62. The third-order valence-corrected chi connectivity index (χ3v) is 4.44. The van der Waals surface area contributed by atoms with Crippen molar-refractivity contribution in [3.8, 4) is 0 Å². The molecule has 0 saturated carbocycles. The van der Waals surface area contributed by atoms with Gasteiger partial charge in [-0.25, -0.2) is 9.59 Å². The smallest absolute Gasteiger partial charge is 0.408 e. The Hall–Kier alpha value is -2.50. The monoisotopic (exact) mass is 360 g/mol. The lowest BCUT2D eigenvalue weighted by Crippen LogP contribution is -2.44. The van der Waals surface area contributed by atoms with E-state index in [4.69, 9.17) is 4.74 Å². The maximum atomic E-state index is 12.0. The number of carboxylic acid groups (broad SMARTS) is 1. The van der Waals surface area contributed by atoms with E-state index in [1.54, 1.807) is 20.8 Å². The first-order valence-electron chi connectivity index (χ1n) is 8.68.